The molecule has 0 N–H and O–H groups in total. The summed E-state index contributed by atoms with van der Waals surface area (Å²) in [5.41, 5.74) is 2.21. The molecule has 0 bridgehead atoms. The van der Waals surface area contributed by atoms with Crippen molar-refractivity contribution in [2.24, 2.45) is 5.92 Å². The average Bonchev–Trinajstić information content (AvgIpc) is 2.74. The maximum atomic E-state index is 4.65. The van der Waals surface area contributed by atoms with E-state index in [4.69, 9.17) is 0 Å². The van der Waals surface area contributed by atoms with Gasteiger partial charge >= 0.3 is 0 Å². The van der Waals surface area contributed by atoms with Crippen molar-refractivity contribution in [2.75, 3.05) is 11.5 Å². The lowest BCUT2D eigenvalue weighted by atomic mass is 9.99. The molecule has 0 radical (unpaired) electrons. The van der Waals surface area contributed by atoms with Gasteiger partial charge in [0.25, 0.3) is 0 Å². The number of fused-ring (bicyclic) bond motifs is 1. The monoisotopic (exact) mass is 247 g/mol. The zero-order chi connectivity index (χ0) is 11.7. The van der Waals surface area contributed by atoms with Gasteiger partial charge < -0.3 is 0 Å². The number of rotatable bonds is 2. The second kappa shape index (κ2) is 4.69. The SMILES string of the molecule is Cc1cccn2nc(CC3CCSCC3)nc12. The van der Waals surface area contributed by atoms with E-state index in [1.165, 1.54) is 29.9 Å². The second-order valence-electron chi connectivity index (χ2n) is 4.75. The fourth-order valence-corrected chi connectivity index (χ4v) is 3.58. The van der Waals surface area contributed by atoms with Crippen LogP contribution >= 0.6 is 11.8 Å². The van der Waals surface area contributed by atoms with Crippen molar-refractivity contribution in [3.63, 3.8) is 0 Å². The lowest BCUT2D eigenvalue weighted by molar-refractivity contribution is 0.476. The van der Waals surface area contributed by atoms with Crippen LogP contribution in [-0.4, -0.2) is 26.1 Å². The van der Waals surface area contributed by atoms with Gasteiger partial charge in [-0.25, -0.2) is 9.50 Å². The van der Waals surface area contributed by atoms with Crippen LogP contribution in [0.2, 0.25) is 0 Å². The minimum Gasteiger partial charge on any atom is -0.221 e. The van der Waals surface area contributed by atoms with E-state index in [0.717, 1.165) is 23.8 Å². The van der Waals surface area contributed by atoms with Crippen LogP contribution in [0.25, 0.3) is 5.65 Å². The highest BCUT2D eigenvalue weighted by molar-refractivity contribution is 7.99. The summed E-state index contributed by atoms with van der Waals surface area (Å²) in [6.07, 6.45) is 5.66. The van der Waals surface area contributed by atoms with Crippen LogP contribution in [0.3, 0.4) is 0 Å². The number of hydrogen-bond donors (Lipinski definition) is 0. The molecule has 0 saturated carbocycles. The molecule has 0 unspecified atom stereocenters. The molecule has 90 valence electrons. The molecule has 1 saturated heterocycles. The molecule has 17 heavy (non-hydrogen) atoms. The van der Waals surface area contributed by atoms with Gasteiger partial charge in [0.05, 0.1) is 0 Å². The third-order valence-corrected chi connectivity index (χ3v) is 4.46. The van der Waals surface area contributed by atoms with Crippen molar-refractivity contribution >= 4 is 17.4 Å². The Balaban J connectivity index is 1.83. The fraction of sp³-hybridized carbons (Fsp3) is 0.538. The highest BCUT2D eigenvalue weighted by atomic mass is 32.2. The summed E-state index contributed by atoms with van der Waals surface area (Å²) in [5.74, 6) is 4.40. The molecular weight excluding hydrogens is 230 g/mol. The molecule has 1 fully saturated rings. The Morgan fingerprint density at radius 3 is 3.00 bits per heavy atom. The second-order valence-corrected chi connectivity index (χ2v) is 5.97. The molecule has 1 aliphatic rings. The Hall–Kier alpha value is -1.03. The number of thioether (sulfide) groups is 1. The van der Waals surface area contributed by atoms with Gasteiger partial charge in [0, 0.05) is 12.6 Å². The number of aromatic nitrogens is 3. The van der Waals surface area contributed by atoms with E-state index < -0.39 is 0 Å². The van der Waals surface area contributed by atoms with E-state index >= 15 is 0 Å². The smallest absolute Gasteiger partial charge is 0.158 e. The Labute approximate surface area is 106 Å². The van der Waals surface area contributed by atoms with Crippen LogP contribution in [0, 0.1) is 12.8 Å². The van der Waals surface area contributed by atoms with E-state index in [1.807, 2.05) is 16.8 Å². The van der Waals surface area contributed by atoms with Crippen molar-refractivity contribution in [1.82, 2.24) is 14.6 Å². The first-order valence-corrected chi connectivity index (χ1v) is 7.37. The lowest BCUT2D eigenvalue weighted by Gasteiger charge is -2.19. The summed E-state index contributed by atoms with van der Waals surface area (Å²) >= 11 is 2.07. The minimum absolute atomic E-state index is 0.786. The Kier molecular flexibility index (Phi) is 3.05. The van der Waals surface area contributed by atoms with Gasteiger partial charge in [0.2, 0.25) is 0 Å². The van der Waals surface area contributed by atoms with E-state index in [1.54, 1.807) is 0 Å². The Morgan fingerprint density at radius 1 is 1.41 bits per heavy atom. The first kappa shape index (κ1) is 11.1. The molecule has 2 aromatic rings. The van der Waals surface area contributed by atoms with Crippen LogP contribution in [0.15, 0.2) is 18.3 Å². The van der Waals surface area contributed by atoms with Gasteiger partial charge in [-0.05, 0) is 48.8 Å². The number of aryl methyl sites for hydroxylation is 1. The van der Waals surface area contributed by atoms with Gasteiger partial charge in [-0.3, -0.25) is 0 Å². The van der Waals surface area contributed by atoms with Crippen molar-refractivity contribution in [3.8, 4) is 0 Å². The van der Waals surface area contributed by atoms with Crippen LogP contribution in [0.5, 0.6) is 0 Å². The number of pyridine rings is 1. The van der Waals surface area contributed by atoms with E-state index in [-0.39, 0.29) is 0 Å². The predicted molar refractivity (Wildman–Crippen MR) is 71.5 cm³/mol. The topological polar surface area (TPSA) is 30.2 Å². The molecular formula is C13H17N3S. The summed E-state index contributed by atoms with van der Waals surface area (Å²) in [7, 11) is 0. The van der Waals surface area contributed by atoms with Crippen molar-refractivity contribution in [1.29, 1.82) is 0 Å². The van der Waals surface area contributed by atoms with Gasteiger partial charge in [0.1, 0.15) is 0 Å². The van der Waals surface area contributed by atoms with Crippen LogP contribution < -0.4 is 0 Å². The molecule has 0 atom stereocenters. The number of hydrogen-bond acceptors (Lipinski definition) is 3. The van der Waals surface area contributed by atoms with Gasteiger partial charge in [-0.15, -0.1) is 0 Å². The third-order valence-electron chi connectivity index (χ3n) is 3.41. The third kappa shape index (κ3) is 2.32. The quantitative estimate of drug-likeness (QED) is 0.817. The van der Waals surface area contributed by atoms with Crippen LogP contribution in [-0.2, 0) is 6.42 Å². The molecule has 1 aliphatic heterocycles. The summed E-state index contributed by atoms with van der Waals surface area (Å²) in [4.78, 5) is 4.65. The summed E-state index contributed by atoms with van der Waals surface area (Å²) in [6, 6.07) is 4.11. The molecule has 0 aromatic carbocycles. The standard InChI is InChI=1S/C13H17N3S/c1-10-3-2-6-16-13(10)14-12(15-16)9-11-4-7-17-8-5-11/h2-3,6,11H,4-5,7-9H2,1H3. The average molecular weight is 247 g/mol. The largest absolute Gasteiger partial charge is 0.221 e. The first-order chi connectivity index (χ1) is 8.33. The molecule has 0 aliphatic carbocycles. The van der Waals surface area contributed by atoms with E-state index in [9.17, 15) is 0 Å². The minimum atomic E-state index is 0.786. The van der Waals surface area contributed by atoms with Gasteiger partial charge in [-0.2, -0.15) is 16.9 Å². The molecule has 0 amide bonds. The summed E-state index contributed by atoms with van der Waals surface area (Å²) < 4.78 is 1.91. The number of nitrogens with zero attached hydrogens (tertiary/aromatic N) is 3. The molecule has 3 rings (SSSR count). The van der Waals surface area contributed by atoms with Gasteiger partial charge in [-0.1, -0.05) is 6.07 Å². The predicted octanol–water partition coefficient (Wildman–Crippen LogP) is 2.72. The highest BCUT2D eigenvalue weighted by Crippen LogP contribution is 2.25. The zero-order valence-corrected chi connectivity index (χ0v) is 10.9. The normalized spacial score (nSPS) is 17.7. The van der Waals surface area contributed by atoms with E-state index in [2.05, 4.69) is 34.8 Å². The van der Waals surface area contributed by atoms with Crippen LogP contribution in [0.1, 0.15) is 24.2 Å². The Morgan fingerprint density at radius 2 is 2.24 bits per heavy atom. The van der Waals surface area contributed by atoms with Crippen LogP contribution in [0.4, 0.5) is 0 Å². The van der Waals surface area contributed by atoms with Crippen molar-refractivity contribution in [2.45, 2.75) is 26.2 Å². The zero-order valence-electron chi connectivity index (χ0n) is 10.1. The molecule has 3 heterocycles. The summed E-state index contributed by atoms with van der Waals surface area (Å²) in [5, 5.41) is 4.57. The fourth-order valence-electron chi connectivity index (χ4n) is 2.38. The molecule has 3 nitrogen and oxygen atoms in total. The molecule has 0 spiro atoms. The maximum absolute atomic E-state index is 4.65. The van der Waals surface area contributed by atoms with E-state index in [0.29, 0.717) is 0 Å². The first-order valence-electron chi connectivity index (χ1n) is 6.21. The molecule has 4 heteroatoms. The Bertz CT molecular complexity index is 514. The van der Waals surface area contributed by atoms with Gasteiger partial charge in [0.15, 0.2) is 11.5 Å². The maximum Gasteiger partial charge on any atom is 0.158 e. The highest BCUT2D eigenvalue weighted by Gasteiger charge is 2.16. The van der Waals surface area contributed by atoms with Crippen molar-refractivity contribution < 1.29 is 0 Å². The molecule has 2 aromatic heterocycles. The van der Waals surface area contributed by atoms with Crippen molar-refractivity contribution in [3.05, 3.63) is 29.7 Å². The lowest BCUT2D eigenvalue weighted by Crippen LogP contribution is -2.13. The summed E-state index contributed by atoms with van der Waals surface area (Å²) in [6.45, 7) is 2.09.